The van der Waals surface area contributed by atoms with Gasteiger partial charge >= 0.3 is 0 Å². The highest BCUT2D eigenvalue weighted by Crippen LogP contribution is 2.34. The molecule has 1 saturated heterocycles. The zero-order valence-electron chi connectivity index (χ0n) is 14.9. The Balaban J connectivity index is 1.53. The summed E-state index contributed by atoms with van der Waals surface area (Å²) in [6, 6.07) is 4.91. The first-order valence-corrected chi connectivity index (χ1v) is 8.93. The van der Waals surface area contributed by atoms with Crippen molar-refractivity contribution in [3.05, 3.63) is 23.8 Å². The highest BCUT2D eigenvalue weighted by molar-refractivity contribution is 5.96. The molecule has 1 amide bonds. The zero-order chi connectivity index (χ0) is 18.0. The Bertz CT molecular complexity index is 651. The number of ether oxygens (including phenoxy) is 2. The second-order valence-electron chi connectivity index (χ2n) is 7.12. The van der Waals surface area contributed by atoms with Gasteiger partial charge in [0, 0.05) is 25.1 Å². The fraction of sp³-hybridized carbons (Fsp3) is 0.579. The number of amides is 1. The summed E-state index contributed by atoms with van der Waals surface area (Å²) < 4.78 is 10.6. The van der Waals surface area contributed by atoms with E-state index in [1.165, 1.54) is 0 Å². The predicted molar refractivity (Wildman–Crippen MR) is 93.6 cm³/mol. The third kappa shape index (κ3) is 3.95. The number of nitrogens with zero attached hydrogens (tertiary/aromatic N) is 1. The lowest BCUT2D eigenvalue weighted by Gasteiger charge is -2.35. The van der Waals surface area contributed by atoms with E-state index in [0.717, 1.165) is 25.9 Å². The number of rotatable bonds is 5. The number of hydrogen-bond donors (Lipinski definition) is 1. The molecule has 1 fully saturated rings. The smallest absolute Gasteiger partial charge is 0.239 e. The van der Waals surface area contributed by atoms with Crippen LogP contribution in [0.5, 0.6) is 11.5 Å². The van der Waals surface area contributed by atoms with E-state index in [4.69, 9.17) is 15.2 Å². The van der Waals surface area contributed by atoms with Crippen molar-refractivity contribution >= 4 is 11.7 Å². The van der Waals surface area contributed by atoms with Crippen LogP contribution in [0.15, 0.2) is 18.2 Å². The molecule has 1 aromatic rings. The summed E-state index contributed by atoms with van der Waals surface area (Å²) in [6.07, 6.45) is 2.35. The Hall–Kier alpha value is -2.08. The molecule has 6 heteroatoms. The molecule has 2 atom stereocenters. The summed E-state index contributed by atoms with van der Waals surface area (Å²) in [6.45, 7) is 5.52. The second kappa shape index (κ2) is 7.44. The van der Waals surface area contributed by atoms with E-state index in [1.807, 2.05) is 4.90 Å². The molecule has 0 bridgehead atoms. The van der Waals surface area contributed by atoms with Crippen LogP contribution in [0.4, 0.5) is 0 Å². The molecule has 0 radical (unpaired) electrons. The molecule has 0 aromatic heterocycles. The Morgan fingerprint density at radius 2 is 1.88 bits per heavy atom. The zero-order valence-corrected chi connectivity index (χ0v) is 14.9. The summed E-state index contributed by atoms with van der Waals surface area (Å²) in [7, 11) is 0. The van der Waals surface area contributed by atoms with Crippen LogP contribution in [0, 0.1) is 11.8 Å². The SMILES string of the molecule is CC(CC(=O)c1ccc2c(c1)OCO2)C1CCN(C(=O)[C@H](C)N)CC1. The molecule has 2 N–H and O–H groups in total. The van der Waals surface area contributed by atoms with E-state index in [-0.39, 0.29) is 24.4 Å². The average Bonchev–Trinajstić information content (AvgIpc) is 3.08. The quantitative estimate of drug-likeness (QED) is 0.827. The van der Waals surface area contributed by atoms with Crippen LogP contribution in [0.2, 0.25) is 0 Å². The summed E-state index contributed by atoms with van der Waals surface area (Å²) in [5, 5.41) is 0. The van der Waals surface area contributed by atoms with Crippen molar-refractivity contribution in [1.29, 1.82) is 0 Å². The van der Waals surface area contributed by atoms with E-state index in [9.17, 15) is 9.59 Å². The molecule has 0 aliphatic carbocycles. The normalized spacial score (nSPS) is 19.6. The van der Waals surface area contributed by atoms with Gasteiger partial charge in [-0.2, -0.15) is 0 Å². The standard InChI is InChI=1S/C19H26N2O4/c1-12(14-5-7-21(8-6-14)19(23)13(2)20)9-16(22)15-3-4-17-18(10-15)25-11-24-17/h3-4,10,12-14H,5-9,11,20H2,1-2H3/t12?,13-/m0/s1. The topological polar surface area (TPSA) is 81.9 Å². The number of carbonyl (C=O) groups excluding carboxylic acids is 2. The molecule has 2 aliphatic rings. The van der Waals surface area contributed by atoms with Gasteiger partial charge in [-0.05, 0) is 49.8 Å². The monoisotopic (exact) mass is 346 g/mol. The first-order valence-electron chi connectivity index (χ1n) is 8.93. The molecule has 25 heavy (non-hydrogen) atoms. The van der Waals surface area contributed by atoms with Gasteiger partial charge in [0.25, 0.3) is 0 Å². The fourth-order valence-electron chi connectivity index (χ4n) is 3.62. The Kier molecular flexibility index (Phi) is 5.27. The number of likely N-dealkylation sites (tertiary alicyclic amines) is 1. The maximum atomic E-state index is 12.6. The van der Waals surface area contributed by atoms with Crippen molar-refractivity contribution in [2.24, 2.45) is 17.6 Å². The van der Waals surface area contributed by atoms with E-state index in [1.54, 1.807) is 25.1 Å². The van der Waals surface area contributed by atoms with Crippen molar-refractivity contribution in [2.75, 3.05) is 19.9 Å². The van der Waals surface area contributed by atoms with E-state index < -0.39 is 6.04 Å². The summed E-state index contributed by atoms with van der Waals surface area (Å²) >= 11 is 0. The molecule has 2 heterocycles. The highest BCUT2D eigenvalue weighted by atomic mass is 16.7. The minimum atomic E-state index is -0.443. The van der Waals surface area contributed by atoms with Gasteiger partial charge in [0.15, 0.2) is 17.3 Å². The third-order valence-corrected chi connectivity index (χ3v) is 5.25. The van der Waals surface area contributed by atoms with Crippen molar-refractivity contribution in [1.82, 2.24) is 4.90 Å². The lowest BCUT2D eigenvalue weighted by Crippen LogP contribution is -2.46. The van der Waals surface area contributed by atoms with Crippen LogP contribution in [-0.2, 0) is 4.79 Å². The Morgan fingerprint density at radius 3 is 2.56 bits per heavy atom. The van der Waals surface area contributed by atoms with Crippen molar-refractivity contribution in [3.8, 4) is 11.5 Å². The fourth-order valence-corrected chi connectivity index (χ4v) is 3.62. The molecule has 1 unspecified atom stereocenters. The molecular formula is C19H26N2O4. The van der Waals surface area contributed by atoms with Gasteiger partial charge in [-0.3, -0.25) is 9.59 Å². The van der Waals surface area contributed by atoms with Crippen LogP contribution in [0.3, 0.4) is 0 Å². The molecule has 136 valence electrons. The van der Waals surface area contributed by atoms with Gasteiger partial charge in [0.2, 0.25) is 12.7 Å². The van der Waals surface area contributed by atoms with Gasteiger partial charge in [0.1, 0.15) is 0 Å². The van der Waals surface area contributed by atoms with Crippen molar-refractivity contribution in [3.63, 3.8) is 0 Å². The number of ketones is 1. The van der Waals surface area contributed by atoms with Gasteiger partial charge in [-0.25, -0.2) is 0 Å². The van der Waals surface area contributed by atoms with E-state index >= 15 is 0 Å². The van der Waals surface area contributed by atoms with Crippen LogP contribution >= 0.6 is 0 Å². The van der Waals surface area contributed by atoms with Crippen LogP contribution in [0.1, 0.15) is 43.5 Å². The maximum Gasteiger partial charge on any atom is 0.239 e. The van der Waals surface area contributed by atoms with Crippen LogP contribution in [0.25, 0.3) is 0 Å². The number of hydrogen-bond acceptors (Lipinski definition) is 5. The maximum absolute atomic E-state index is 12.6. The largest absolute Gasteiger partial charge is 0.454 e. The average molecular weight is 346 g/mol. The minimum Gasteiger partial charge on any atom is -0.454 e. The van der Waals surface area contributed by atoms with Crippen LogP contribution in [-0.4, -0.2) is 42.5 Å². The summed E-state index contributed by atoms with van der Waals surface area (Å²) in [4.78, 5) is 26.4. The summed E-state index contributed by atoms with van der Waals surface area (Å²) in [5.41, 5.74) is 6.34. The number of nitrogens with two attached hydrogens (primary N) is 1. The number of carbonyl (C=O) groups is 2. The molecule has 2 aliphatic heterocycles. The second-order valence-corrected chi connectivity index (χ2v) is 7.12. The van der Waals surface area contributed by atoms with Crippen LogP contribution < -0.4 is 15.2 Å². The van der Waals surface area contributed by atoms with Crippen molar-refractivity contribution in [2.45, 2.75) is 39.2 Å². The number of Topliss-reactive ketones (excluding diaryl/α,β-unsaturated/α-hetero) is 1. The first kappa shape index (κ1) is 17.7. The number of fused-ring (bicyclic) bond motifs is 1. The van der Waals surface area contributed by atoms with E-state index in [2.05, 4.69) is 6.92 Å². The van der Waals surface area contributed by atoms with Gasteiger partial charge in [-0.1, -0.05) is 6.92 Å². The molecular weight excluding hydrogens is 320 g/mol. The molecule has 6 nitrogen and oxygen atoms in total. The lowest BCUT2D eigenvalue weighted by molar-refractivity contribution is -0.133. The molecule has 0 saturated carbocycles. The van der Waals surface area contributed by atoms with Crippen molar-refractivity contribution < 1.29 is 19.1 Å². The molecule has 1 aromatic carbocycles. The van der Waals surface area contributed by atoms with Gasteiger partial charge < -0.3 is 20.1 Å². The number of benzene rings is 1. The van der Waals surface area contributed by atoms with E-state index in [0.29, 0.717) is 29.4 Å². The Morgan fingerprint density at radius 1 is 1.20 bits per heavy atom. The lowest BCUT2D eigenvalue weighted by atomic mass is 9.82. The molecule has 3 rings (SSSR count). The summed E-state index contributed by atoms with van der Waals surface area (Å²) in [5.74, 6) is 2.21. The van der Waals surface area contributed by atoms with Gasteiger partial charge in [0.05, 0.1) is 6.04 Å². The predicted octanol–water partition coefficient (Wildman–Crippen LogP) is 2.21. The minimum absolute atomic E-state index is 0.0162. The Labute approximate surface area is 148 Å². The number of piperidine rings is 1. The molecule has 0 spiro atoms. The third-order valence-electron chi connectivity index (χ3n) is 5.25. The highest BCUT2D eigenvalue weighted by Gasteiger charge is 2.28. The first-order chi connectivity index (χ1) is 12.0. The van der Waals surface area contributed by atoms with Gasteiger partial charge in [-0.15, -0.1) is 0 Å².